The number of rotatable bonds is 5. The lowest BCUT2D eigenvalue weighted by Gasteiger charge is -2.37. The Morgan fingerprint density at radius 2 is 1.53 bits per heavy atom. The van der Waals surface area contributed by atoms with Gasteiger partial charge in [0.1, 0.15) is 11.4 Å². The molecule has 2 aliphatic rings. The monoisotopic (exact) mass is 432 g/mol. The highest BCUT2D eigenvalue weighted by molar-refractivity contribution is 6.45. The van der Waals surface area contributed by atoms with Crippen LogP contribution < -0.4 is 9.64 Å². The lowest BCUT2D eigenvalue weighted by molar-refractivity contribution is -0.120. The molecule has 1 saturated heterocycles. The number of benzene rings is 2. The fraction of sp³-hybridized carbons (Fsp3) is 0.407. The predicted octanol–water partition coefficient (Wildman–Crippen LogP) is 5.04. The van der Waals surface area contributed by atoms with Crippen LogP contribution in [0.1, 0.15) is 45.2 Å². The molecular formula is C27H32N2O3. The van der Waals surface area contributed by atoms with Crippen LogP contribution in [0.2, 0.25) is 0 Å². The van der Waals surface area contributed by atoms with E-state index in [4.69, 9.17) is 4.74 Å². The molecule has 2 atom stereocenters. The van der Waals surface area contributed by atoms with Crippen molar-refractivity contribution in [3.05, 3.63) is 65.4 Å². The fourth-order valence-electron chi connectivity index (χ4n) is 4.92. The molecule has 0 bridgehead atoms. The first-order valence-electron chi connectivity index (χ1n) is 11.5. The second-order valence-corrected chi connectivity index (χ2v) is 9.50. The van der Waals surface area contributed by atoms with Gasteiger partial charge in [-0.25, -0.2) is 4.90 Å². The van der Waals surface area contributed by atoms with Crippen molar-refractivity contribution in [3.63, 3.8) is 0 Å². The lowest BCUT2D eigenvalue weighted by atomic mass is 9.91. The fourth-order valence-corrected chi connectivity index (χ4v) is 4.92. The highest BCUT2D eigenvalue weighted by Crippen LogP contribution is 2.38. The molecule has 168 valence electrons. The van der Waals surface area contributed by atoms with Gasteiger partial charge in [-0.1, -0.05) is 44.2 Å². The summed E-state index contributed by atoms with van der Waals surface area (Å²) in [5, 5.41) is 0. The number of piperidine rings is 1. The van der Waals surface area contributed by atoms with Gasteiger partial charge in [-0.2, -0.15) is 0 Å². The maximum atomic E-state index is 13.8. The van der Waals surface area contributed by atoms with Crippen molar-refractivity contribution < 1.29 is 14.3 Å². The van der Waals surface area contributed by atoms with Crippen LogP contribution in [0.4, 0.5) is 5.69 Å². The highest BCUT2D eigenvalue weighted by atomic mass is 16.5. The molecule has 4 rings (SSSR count). The third kappa shape index (κ3) is 4.16. The summed E-state index contributed by atoms with van der Waals surface area (Å²) in [6.07, 6.45) is 1.20. The molecule has 2 heterocycles. The van der Waals surface area contributed by atoms with Crippen molar-refractivity contribution >= 4 is 23.1 Å². The number of nitrogens with zero attached hydrogens (tertiary/aromatic N) is 2. The van der Waals surface area contributed by atoms with Crippen LogP contribution in [-0.4, -0.2) is 35.9 Å². The third-order valence-electron chi connectivity index (χ3n) is 6.12. The molecular weight excluding hydrogens is 400 g/mol. The summed E-state index contributed by atoms with van der Waals surface area (Å²) in [5.41, 5.74) is 3.30. The number of likely N-dealkylation sites (tertiary alicyclic amines) is 1. The van der Waals surface area contributed by atoms with Gasteiger partial charge in [0.25, 0.3) is 11.8 Å². The van der Waals surface area contributed by atoms with Gasteiger partial charge in [0.05, 0.1) is 17.4 Å². The van der Waals surface area contributed by atoms with Crippen LogP contribution in [0, 0.1) is 18.8 Å². The van der Waals surface area contributed by atoms with Crippen LogP contribution in [-0.2, 0) is 9.59 Å². The van der Waals surface area contributed by atoms with Gasteiger partial charge in [-0.15, -0.1) is 0 Å². The summed E-state index contributed by atoms with van der Waals surface area (Å²) in [6, 6.07) is 15.1. The summed E-state index contributed by atoms with van der Waals surface area (Å²) in [5.74, 6) is 1.18. The molecule has 2 aliphatic heterocycles. The molecule has 2 unspecified atom stereocenters. The number of anilines is 1. The Bertz CT molecular complexity index is 1040. The largest absolute Gasteiger partial charge is 0.491 e. The van der Waals surface area contributed by atoms with Crippen LogP contribution in [0.5, 0.6) is 5.75 Å². The quantitative estimate of drug-likeness (QED) is 0.621. The average molecular weight is 433 g/mol. The summed E-state index contributed by atoms with van der Waals surface area (Å²) in [7, 11) is 0. The van der Waals surface area contributed by atoms with E-state index in [1.165, 1.54) is 4.90 Å². The lowest BCUT2D eigenvalue weighted by Crippen LogP contribution is -2.42. The van der Waals surface area contributed by atoms with Crippen LogP contribution in [0.3, 0.4) is 0 Å². The number of ether oxygens (including phenoxy) is 1. The first kappa shape index (κ1) is 22.1. The van der Waals surface area contributed by atoms with Crippen molar-refractivity contribution in [1.29, 1.82) is 0 Å². The number of carbonyl (C=O) groups is 2. The van der Waals surface area contributed by atoms with E-state index in [1.807, 2.05) is 69.3 Å². The highest BCUT2D eigenvalue weighted by Gasteiger charge is 2.44. The molecule has 0 aromatic heterocycles. The van der Waals surface area contributed by atoms with Crippen LogP contribution in [0.15, 0.2) is 54.2 Å². The van der Waals surface area contributed by atoms with E-state index < -0.39 is 0 Å². The van der Waals surface area contributed by atoms with E-state index in [1.54, 1.807) is 0 Å². The number of para-hydroxylation sites is 1. The molecule has 32 heavy (non-hydrogen) atoms. The molecule has 5 heteroatoms. The smallest absolute Gasteiger partial charge is 0.282 e. The molecule has 2 aromatic carbocycles. The van der Waals surface area contributed by atoms with Gasteiger partial charge < -0.3 is 9.64 Å². The Morgan fingerprint density at radius 1 is 0.906 bits per heavy atom. The number of carbonyl (C=O) groups excluding carboxylic acids is 2. The van der Waals surface area contributed by atoms with Crippen molar-refractivity contribution in [2.24, 2.45) is 11.8 Å². The Balaban J connectivity index is 1.80. The van der Waals surface area contributed by atoms with Crippen molar-refractivity contribution in [2.75, 3.05) is 18.0 Å². The summed E-state index contributed by atoms with van der Waals surface area (Å²) < 4.78 is 5.77. The maximum absolute atomic E-state index is 13.8. The van der Waals surface area contributed by atoms with E-state index in [2.05, 4.69) is 18.7 Å². The Labute approximate surface area is 190 Å². The van der Waals surface area contributed by atoms with Gasteiger partial charge in [-0.05, 0) is 68.4 Å². The van der Waals surface area contributed by atoms with Gasteiger partial charge in [0.15, 0.2) is 0 Å². The molecule has 0 radical (unpaired) electrons. The average Bonchev–Trinajstić information content (AvgIpc) is 2.98. The number of aryl methyl sites for hydroxylation is 1. The Kier molecular flexibility index (Phi) is 6.09. The van der Waals surface area contributed by atoms with E-state index in [0.717, 1.165) is 36.4 Å². The first-order valence-corrected chi connectivity index (χ1v) is 11.5. The number of hydrogen-bond donors (Lipinski definition) is 0. The zero-order chi connectivity index (χ0) is 23.0. The Morgan fingerprint density at radius 3 is 2.12 bits per heavy atom. The van der Waals surface area contributed by atoms with Crippen molar-refractivity contribution in [1.82, 2.24) is 4.90 Å². The van der Waals surface area contributed by atoms with E-state index in [9.17, 15) is 9.59 Å². The van der Waals surface area contributed by atoms with Crippen molar-refractivity contribution in [3.8, 4) is 5.75 Å². The van der Waals surface area contributed by atoms with Gasteiger partial charge in [0.2, 0.25) is 0 Å². The van der Waals surface area contributed by atoms with Gasteiger partial charge in [0, 0.05) is 13.1 Å². The minimum absolute atomic E-state index is 0.0678. The van der Waals surface area contributed by atoms with Crippen LogP contribution in [0.25, 0.3) is 5.57 Å². The normalized spacial score (nSPS) is 21.7. The standard InChI is InChI=1S/C27H32N2O3/c1-17(2)32-22-12-10-21(11-13-22)24-25(28-15-18(3)14-19(4)16-28)27(31)29(26(24)30)23-9-7-6-8-20(23)5/h6-13,17-19H,14-16H2,1-5H3. The molecule has 2 aromatic rings. The van der Waals surface area contributed by atoms with E-state index >= 15 is 0 Å². The molecule has 0 N–H and O–H groups in total. The SMILES string of the molecule is Cc1ccccc1N1C(=O)C(c2ccc(OC(C)C)cc2)=C(N2CC(C)CC(C)C2)C1=O. The molecule has 5 nitrogen and oxygen atoms in total. The minimum Gasteiger partial charge on any atom is -0.491 e. The predicted molar refractivity (Wildman–Crippen MR) is 127 cm³/mol. The summed E-state index contributed by atoms with van der Waals surface area (Å²) >= 11 is 0. The van der Waals surface area contributed by atoms with Gasteiger partial charge >= 0.3 is 0 Å². The molecule has 1 fully saturated rings. The summed E-state index contributed by atoms with van der Waals surface area (Å²) in [6.45, 7) is 11.9. The van der Waals surface area contributed by atoms with Crippen LogP contribution >= 0.6 is 0 Å². The number of hydrogen-bond acceptors (Lipinski definition) is 4. The minimum atomic E-state index is -0.261. The third-order valence-corrected chi connectivity index (χ3v) is 6.12. The van der Waals surface area contributed by atoms with E-state index in [0.29, 0.717) is 28.8 Å². The first-order chi connectivity index (χ1) is 15.3. The zero-order valence-electron chi connectivity index (χ0n) is 19.6. The second kappa shape index (κ2) is 8.81. The molecule has 2 amide bonds. The maximum Gasteiger partial charge on any atom is 0.282 e. The topological polar surface area (TPSA) is 49.9 Å². The second-order valence-electron chi connectivity index (χ2n) is 9.50. The Hall–Kier alpha value is -3.08. The molecule has 0 spiro atoms. The van der Waals surface area contributed by atoms with E-state index in [-0.39, 0.29) is 17.9 Å². The van der Waals surface area contributed by atoms with Crippen molar-refractivity contribution in [2.45, 2.75) is 47.1 Å². The number of amides is 2. The zero-order valence-corrected chi connectivity index (χ0v) is 19.6. The number of imide groups is 1. The van der Waals surface area contributed by atoms with Gasteiger partial charge in [-0.3, -0.25) is 9.59 Å². The molecule has 0 aliphatic carbocycles. The molecule has 0 saturated carbocycles. The summed E-state index contributed by atoms with van der Waals surface area (Å²) in [4.78, 5) is 31.0.